The third kappa shape index (κ3) is 2.56. The van der Waals surface area contributed by atoms with Gasteiger partial charge in [0.15, 0.2) is 0 Å². The van der Waals surface area contributed by atoms with Gasteiger partial charge in [-0.1, -0.05) is 25.5 Å². The molecule has 4 atom stereocenters. The molecule has 2 aliphatic rings. The molecule has 0 N–H and O–H groups in total. The van der Waals surface area contributed by atoms with Gasteiger partial charge in [-0.15, -0.1) is 0 Å². The molecule has 0 saturated heterocycles. The Bertz CT molecular complexity index is 467. The minimum Gasteiger partial charge on any atom is -0.469 e. The monoisotopic (exact) mass is 292 g/mol. The zero-order chi connectivity index (χ0) is 15.8. The van der Waals surface area contributed by atoms with Crippen LogP contribution in [-0.4, -0.2) is 18.9 Å². The molecule has 0 spiro atoms. The minimum absolute atomic E-state index is 0.0117. The number of carbonyl (C=O) groups excluding carboxylic acids is 2. The van der Waals surface area contributed by atoms with E-state index in [0.29, 0.717) is 6.42 Å². The van der Waals surface area contributed by atoms with Crippen molar-refractivity contribution in [3.05, 3.63) is 12.2 Å². The van der Waals surface area contributed by atoms with Gasteiger partial charge in [0.2, 0.25) is 0 Å². The number of hydrogen-bond acceptors (Lipinski definition) is 3. The first-order valence-corrected chi connectivity index (χ1v) is 8.01. The number of carbonyl (C=O) groups is 2. The van der Waals surface area contributed by atoms with Crippen LogP contribution in [0.1, 0.15) is 59.3 Å². The maximum atomic E-state index is 12.4. The van der Waals surface area contributed by atoms with Crippen molar-refractivity contribution in [2.75, 3.05) is 7.11 Å². The van der Waals surface area contributed by atoms with Crippen molar-refractivity contribution in [1.82, 2.24) is 0 Å². The molecule has 0 aromatic heterocycles. The Labute approximate surface area is 128 Å². The van der Waals surface area contributed by atoms with Crippen LogP contribution in [0.3, 0.4) is 0 Å². The predicted octanol–water partition coefficient (Wildman–Crippen LogP) is 3.92. The van der Waals surface area contributed by atoms with Crippen molar-refractivity contribution in [2.45, 2.75) is 59.3 Å². The Morgan fingerprint density at radius 1 is 1.33 bits per heavy atom. The molecule has 0 heterocycles. The first kappa shape index (κ1) is 16.3. The van der Waals surface area contributed by atoms with E-state index in [0.717, 1.165) is 32.1 Å². The zero-order valence-corrected chi connectivity index (χ0v) is 13.8. The lowest BCUT2D eigenvalue weighted by Gasteiger charge is -2.57. The predicted molar refractivity (Wildman–Crippen MR) is 82.7 cm³/mol. The Kier molecular flexibility index (Phi) is 4.32. The molecule has 3 heteroatoms. The van der Waals surface area contributed by atoms with Crippen molar-refractivity contribution in [2.24, 2.45) is 22.7 Å². The standard InChI is InChI=1S/C18H28O3/c1-12-7-8-15-17(3,14(12)11-13(2)19)9-6-10-18(15,4)16(20)21-5/h14-15H,1,6-11H2,2-5H3/t14-,15?,17+,18-/m0/s1. The number of rotatable bonds is 3. The molecule has 3 nitrogen and oxygen atoms in total. The highest BCUT2D eigenvalue weighted by Crippen LogP contribution is 2.61. The van der Waals surface area contributed by atoms with Crippen molar-refractivity contribution in [3.8, 4) is 0 Å². The molecule has 0 aliphatic heterocycles. The van der Waals surface area contributed by atoms with Crippen LogP contribution in [0.4, 0.5) is 0 Å². The van der Waals surface area contributed by atoms with Crippen LogP contribution in [0.15, 0.2) is 12.2 Å². The van der Waals surface area contributed by atoms with Gasteiger partial charge in [0.1, 0.15) is 5.78 Å². The number of esters is 1. The summed E-state index contributed by atoms with van der Waals surface area (Å²) in [6, 6.07) is 0. The van der Waals surface area contributed by atoms with Crippen molar-refractivity contribution < 1.29 is 14.3 Å². The summed E-state index contributed by atoms with van der Waals surface area (Å²) in [4.78, 5) is 24.1. The average molecular weight is 292 g/mol. The molecule has 118 valence electrons. The van der Waals surface area contributed by atoms with Gasteiger partial charge in [-0.25, -0.2) is 0 Å². The Balaban J connectivity index is 2.40. The number of allylic oxidation sites excluding steroid dienone is 1. The van der Waals surface area contributed by atoms with Crippen LogP contribution in [-0.2, 0) is 14.3 Å². The number of ether oxygens (including phenoxy) is 1. The normalized spacial score (nSPS) is 39.5. The van der Waals surface area contributed by atoms with E-state index < -0.39 is 5.41 Å². The van der Waals surface area contributed by atoms with Crippen LogP contribution in [0.2, 0.25) is 0 Å². The van der Waals surface area contributed by atoms with Crippen LogP contribution in [0.25, 0.3) is 0 Å². The fourth-order valence-corrected chi connectivity index (χ4v) is 5.09. The van der Waals surface area contributed by atoms with Crippen molar-refractivity contribution in [1.29, 1.82) is 0 Å². The Hall–Kier alpha value is -1.12. The summed E-state index contributed by atoms with van der Waals surface area (Å²) in [6.45, 7) is 10.2. The maximum absolute atomic E-state index is 12.4. The third-order valence-corrected chi connectivity index (χ3v) is 6.16. The molecule has 0 aromatic carbocycles. The van der Waals surface area contributed by atoms with E-state index in [2.05, 4.69) is 20.4 Å². The highest BCUT2D eigenvalue weighted by molar-refractivity contribution is 5.78. The quantitative estimate of drug-likeness (QED) is 0.585. The van der Waals surface area contributed by atoms with Crippen LogP contribution < -0.4 is 0 Å². The molecule has 0 bridgehead atoms. The van der Waals surface area contributed by atoms with E-state index in [1.54, 1.807) is 6.92 Å². The SMILES string of the molecule is C=C1CCC2[C@](C)(CCC[C@]2(C)C(=O)OC)[C@H]1CC(C)=O. The minimum atomic E-state index is -0.419. The van der Waals surface area contributed by atoms with E-state index in [1.165, 1.54) is 12.7 Å². The summed E-state index contributed by atoms with van der Waals surface area (Å²) in [5.74, 6) is 0.611. The van der Waals surface area contributed by atoms with Gasteiger partial charge in [-0.2, -0.15) is 0 Å². The van der Waals surface area contributed by atoms with Gasteiger partial charge in [-0.3, -0.25) is 4.79 Å². The fraction of sp³-hybridized carbons (Fsp3) is 0.778. The lowest BCUT2D eigenvalue weighted by molar-refractivity contribution is -0.168. The third-order valence-electron chi connectivity index (χ3n) is 6.16. The Morgan fingerprint density at radius 2 is 2.00 bits per heavy atom. The molecule has 21 heavy (non-hydrogen) atoms. The van der Waals surface area contributed by atoms with E-state index in [4.69, 9.17) is 4.74 Å². The number of hydrogen-bond donors (Lipinski definition) is 0. The molecule has 2 saturated carbocycles. The van der Waals surface area contributed by atoms with Gasteiger partial charge in [-0.05, 0) is 56.8 Å². The summed E-state index contributed by atoms with van der Waals surface area (Å²) in [5.41, 5.74) is 0.762. The van der Waals surface area contributed by atoms with Crippen LogP contribution in [0, 0.1) is 22.7 Å². The summed E-state index contributed by atoms with van der Waals surface area (Å²) in [5, 5.41) is 0. The number of methoxy groups -OCH3 is 1. The van der Waals surface area contributed by atoms with E-state index in [1.807, 2.05) is 0 Å². The highest BCUT2D eigenvalue weighted by Gasteiger charge is 2.57. The molecule has 2 fully saturated rings. The van der Waals surface area contributed by atoms with Gasteiger partial charge >= 0.3 is 5.97 Å². The van der Waals surface area contributed by atoms with Crippen LogP contribution >= 0.6 is 0 Å². The number of Topliss-reactive ketones (excluding diaryl/α,β-unsaturated/α-hetero) is 1. The number of ketones is 1. The topological polar surface area (TPSA) is 43.4 Å². The van der Waals surface area contributed by atoms with Gasteiger partial charge in [0.25, 0.3) is 0 Å². The first-order valence-electron chi connectivity index (χ1n) is 8.01. The molecule has 2 rings (SSSR count). The van der Waals surface area contributed by atoms with Crippen molar-refractivity contribution in [3.63, 3.8) is 0 Å². The summed E-state index contributed by atoms with van der Waals surface area (Å²) in [6.07, 6.45) is 5.43. The maximum Gasteiger partial charge on any atom is 0.311 e. The average Bonchev–Trinajstić information content (AvgIpc) is 2.41. The second kappa shape index (κ2) is 5.58. The van der Waals surface area contributed by atoms with Gasteiger partial charge < -0.3 is 9.53 Å². The largest absolute Gasteiger partial charge is 0.469 e. The van der Waals surface area contributed by atoms with Crippen molar-refractivity contribution >= 4 is 11.8 Å². The fourth-order valence-electron chi connectivity index (χ4n) is 5.09. The molecule has 0 radical (unpaired) electrons. The van der Waals surface area contributed by atoms with E-state index >= 15 is 0 Å². The second-order valence-corrected chi connectivity index (χ2v) is 7.48. The first-order chi connectivity index (χ1) is 9.75. The molecular weight excluding hydrogens is 264 g/mol. The smallest absolute Gasteiger partial charge is 0.311 e. The van der Waals surface area contributed by atoms with E-state index in [9.17, 15) is 9.59 Å². The molecule has 0 amide bonds. The second-order valence-electron chi connectivity index (χ2n) is 7.48. The molecule has 1 unspecified atom stereocenters. The van der Waals surface area contributed by atoms with Gasteiger partial charge in [0, 0.05) is 6.42 Å². The lowest BCUT2D eigenvalue weighted by atomic mass is 9.46. The Morgan fingerprint density at radius 3 is 2.57 bits per heavy atom. The molecule has 2 aliphatic carbocycles. The lowest BCUT2D eigenvalue weighted by Crippen LogP contribution is -2.53. The highest BCUT2D eigenvalue weighted by atomic mass is 16.5. The summed E-state index contributed by atoms with van der Waals surface area (Å²) >= 11 is 0. The number of fused-ring (bicyclic) bond motifs is 1. The molecule has 0 aromatic rings. The van der Waals surface area contributed by atoms with Gasteiger partial charge in [0.05, 0.1) is 12.5 Å². The molecular formula is C18H28O3. The zero-order valence-electron chi connectivity index (χ0n) is 13.8. The summed E-state index contributed by atoms with van der Waals surface area (Å²) < 4.78 is 5.10. The van der Waals surface area contributed by atoms with Crippen LogP contribution in [0.5, 0.6) is 0 Å². The van der Waals surface area contributed by atoms with E-state index in [-0.39, 0.29) is 29.0 Å². The summed E-state index contributed by atoms with van der Waals surface area (Å²) in [7, 11) is 1.48.